The highest BCUT2D eigenvalue weighted by molar-refractivity contribution is 7.99. The first-order chi connectivity index (χ1) is 21.7. The maximum Gasteiger partial charge on any atom is 0.282 e. The minimum absolute atomic E-state index is 0.221. The van der Waals surface area contributed by atoms with Crippen LogP contribution < -0.4 is 20.7 Å². The SMILES string of the molecule is CC1=NN(c2cccc(Cl)c2)C(=O)/C1=C\Nc1ccc(Sc2ccc(N/C=C3\C(=O)N(c4cccc(Cl)c4)N=C3C)cc2)cc1. The zero-order chi connectivity index (χ0) is 31.5. The molecule has 0 atom stereocenters. The molecule has 2 aliphatic heterocycles. The lowest BCUT2D eigenvalue weighted by molar-refractivity contribution is -0.115. The molecule has 0 saturated carbocycles. The first kappa shape index (κ1) is 30.2. The Morgan fingerprint density at radius 1 is 0.622 bits per heavy atom. The zero-order valence-electron chi connectivity index (χ0n) is 24.2. The lowest BCUT2D eigenvalue weighted by atomic mass is 10.2. The smallest absolute Gasteiger partial charge is 0.282 e. The Kier molecular flexibility index (Phi) is 8.75. The van der Waals surface area contributed by atoms with E-state index in [1.807, 2.05) is 48.5 Å². The number of nitrogens with one attached hydrogen (secondary N) is 2. The van der Waals surface area contributed by atoms with Crippen molar-refractivity contribution < 1.29 is 9.59 Å². The van der Waals surface area contributed by atoms with E-state index in [1.165, 1.54) is 10.0 Å². The van der Waals surface area contributed by atoms with E-state index in [9.17, 15) is 9.59 Å². The van der Waals surface area contributed by atoms with Crippen LogP contribution in [-0.4, -0.2) is 23.2 Å². The number of hydrazone groups is 2. The second-order valence-corrected chi connectivity index (χ2v) is 12.1. The largest absolute Gasteiger partial charge is 0.361 e. The molecule has 0 saturated heterocycles. The molecule has 2 N–H and O–H groups in total. The van der Waals surface area contributed by atoms with Gasteiger partial charge in [0, 0.05) is 43.6 Å². The summed E-state index contributed by atoms with van der Waals surface area (Å²) >= 11 is 13.8. The molecule has 0 unspecified atom stereocenters. The van der Waals surface area contributed by atoms with Crippen molar-refractivity contribution in [3.05, 3.63) is 131 Å². The molecular formula is C34H26Cl2N6O2S. The lowest BCUT2D eigenvalue weighted by Crippen LogP contribution is -2.21. The number of carbonyl (C=O) groups is 2. The van der Waals surface area contributed by atoms with Crippen molar-refractivity contribution >= 4 is 81.0 Å². The van der Waals surface area contributed by atoms with Gasteiger partial charge in [0.15, 0.2) is 0 Å². The molecule has 224 valence electrons. The average molecular weight is 654 g/mol. The van der Waals surface area contributed by atoms with Gasteiger partial charge in [-0.3, -0.25) is 9.59 Å². The standard InChI is InChI=1S/C34H26Cl2N6O2S/c1-21-31(33(43)41(39-21)27-7-3-5-23(35)17-27)19-37-25-9-13-29(14-10-25)45-30-15-11-26(12-16-30)38-20-32-22(2)40-42(34(32)44)28-8-4-6-24(36)18-28/h3-20,37-38H,1-2H3/b31-19-,32-20-. The van der Waals surface area contributed by atoms with Gasteiger partial charge >= 0.3 is 0 Å². The molecule has 0 aromatic heterocycles. The third kappa shape index (κ3) is 6.81. The van der Waals surface area contributed by atoms with E-state index in [1.54, 1.807) is 86.5 Å². The average Bonchev–Trinajstić information content (AvgIpc) is 3.49. The molecule has 2 aliphatic rings. The molecular weight excluding hydrogens is 627 g/mol. The summed E-state index contributed by atoms with van der Waals surface area (Å²) in [5.41, 5.74) is 5.12. The van der Waals surface area contributed by atoms with Crippen LogP contribution in [0.4, 0.5) is 22.7 Å². The summed E-state index contributed by atoms with van der Waals surface area (Å²) in [6.07, 6.45) is 3.35. The van der Waals surface area contributed by atoms with Crippen LogP contribution in [0.15, 0.2) is 141 Å². The summed E-state index contributed by atoms with van der Waals surface area (Å²) in [7, 11) is 0. The van der Waals surface area contributed by atoms with Gasteiger partial charge in [0.05, 0.1) is 33.9 Å². The molecule has 8 nitrogen and oxygen atoms in total. The fourth-order valence-electron chi connectivity index (χ4n) is 4.62. The van der Waals surface area contributed by atoms with Crippen molar-refractivity contribution in [2.24, 2.45) is 10.2 Å². The Labute approximate surface area is 274 Å². The maximum atomic E-state index is 13.0. The van der Waals surface area contributed by atoms with Crippen LogP contribution in [0.3, 0.4) is 0 Å². The number of anilines is 4. The number of halogens is 2. The number of benzene rings is 4. The molecule has 2 heterocycles. The highest BCUT2D eigenvalue weighted by atomic mass is 35.5. The summed E-state index contributed by atoms with van der Waals surface area (Å²) in [4.78, 5) is 28.0. The van der Waals surface area contributed by atoms with Crippen LogP contribution in [0, 0.1) is 0 Å². The van der Waals surface area contributed by atoms with Crippen molar-refractivity contribution in [1.29, 1.82) is 0 Å². The van der Waals surface area contributed by atoms with Crippen molar-refractivity contribution in [2.75, 3.05) is 20.7 Å². The van der Waals surface area contributed by atoms with Gasteiger partial charge in [-0.1, -0.05) is 47.1 Å². The van der Waals surface area contributed by atoms with E-state index in [4.69, 9.17) is 23.2 Å². The van der Waals surface area contributed by atoms with Gasteiger partial charge in [-0.25, -0.2) is 0 Å². The fourth-order valence-corrected chi connectivity index (χ4v) is 5.81. The van der Waals surface area contributed by atoms with E-state index in [0.717, 1.165) is 21.2 Å². The van der Waals surface area contributed by atoms with Crippen LogP contribution in [0.5, 0.6) is 0 Å². The molecule has 4 aromatic rings. The molecule has 0 spiro atoms. The van der Waals surface area contributed by atoms with Crippen molar-refractivity contribution in [1.82, 2.24) is 0 Å². The first-order valence-corrected chi connectivity index (χ1v) is 15.4. The number of hydrogen-bond acceptors (Lipinski definition) is 7. The summed E-state index contributed by atoms with van der Waals surface area (Å²) < 4.78 is 0. The van der Waals surface area contributed by atoms with E-state index >= 15 is 0 Å². The molecule has 0 fully saturated rings. The predicted octanol–water partition coefficient (Wildman–Crippen LogP) is 8.58. The van der Waals surface area contributed by atoms with Gasteiger partial charge in [0.1, 0.15) is 0 Å². The van der Waals surface area contributed by atoms with Crippen molar-refractivity contribution in [2.45, 2.75) is 23.6 Å². The zero-order valence-corrected chi connectivity index (χ0v) is 26.5. The van der Waals surface area contributed by atoms with Gasteiger partial charge in [-0.2, -0.15) is 20.2 Å². The van der Waals surface area contributed by atoms with Gasteiger partial charge in [0.25, 0.3) is 11.8 Å². The second kappa shape index (κ2) is 13.0. The van der Waals surface area contributed by atoms with Crippen LogP contribution in [-0.2, 0) is 9.59 Å². The Bertz CT molecular complexity index is 1780. The maximum absolute atomic E-state index is 13.0. The van der Waals surface area contributed by atoms with Crippen LogP contribution in [0.2, 0.25) is 10.0 Å². The van der Waals surface area contributed by atoms with E-state index in [0.29, 0.717) is 44.0 Å². The van der Waals surface area contributed by atoms with Crippen LogP contribution in [0.1, 0.15) is 13.8 Å². The topological polar surface area (TPSA) is 89.4 Å². The molecule has 4 aromatic carbocycles. The van der Waals surface area contributed by atoms with Gasteiger partial charge in [0.2, 0.25) is 0 Å². The van der Waals surface area contributed by atoms with Gasteiger partial charge < -0.3 is 10.6 Å². The number of hydrogen-bond donors (Lipinski definition) is 2. The number of rotatable bonds is 8. The molecule has 0 aliphatic carbocycles. The second-order valence-electron chi connectivity index (χ2n) is 10.1. The van der Waals surface area contributed by atoms with E-state index in [-0.39, 0.29) is 11.8 Å². The molecule has 0 radical (unpaired) electrons. The summed E-state index contributed by atoms with van der Waals surface area (Å²) in [6, 6.07) is 29.9. The number of nitrogens with zero attached hydrogens (tertiary/aromatic N) is 4. The summed E-state index contributed by atoms with van der Waals surface area (Å²) in [6.45, 7) is 3.60. The van der Waals surface area contributed by atoms with Crippen LogP contribution >= 0.6 is 35.0 Å². The Morgan fingerprint density at radius 3 is 1.40 bits per heavy atom. The van der Waals surface area contributed by atoms with Crippen molar-refractivity contribution in [3.63, 3.8) is 0 Å². The number of amides is 2. The third-order valence-corrected chi connectivity index (χ3v) is 8.43. The summed E-state index contributed by atoms with van der Waals surface area (Å²) in [5.74, 6) is -0.442. The first-order valence-electron chi connectivity index (χ1n) is 13.9. The predicted molar refractivity (Wildman–Crippen MR) is 185 cm³/mol. The Morgan fingerprint density at radius 2 is 1.02 bits per heavy atom. The quantitative estimate of drug-likeness (QED) is 0.186. The molecule has 2 amide bonds. The highest BCUT2D eigenvalue weighted by Crippen LogP contribution is 2.31. The molecule has 11 heteroatoms. The molecule has 0 bridgehead atoms. The highest BCUT2D eigenvalue weighted by Gasteiger charge is 2.30. The molecule has 45 heavy (non-hydrogen) atoms. The lowest BCUT2D eigenvalue weighted by Gasteiger charge is -2.12. The van der Waals surface area contributed by atoms with Gasteiger partial charge in [-0.05, 0) is 98.8 Å². The number of carbonyl (C=O) groups excluding carboxylic acids is 2. The van der Waals surface area contributed by atoms with E-state index < -0.39 is 0 Å². The monoisotopic (exact) mass is 652 g/mol. The van der Waals surface area contributed by atoms with E-state index in [2.05, 4.69) is 20.8 Å². The molecule has 6 rings (SSSR count). The minimum atomic E-state index is -0.221. The third-order valence-electron chi connectivity index (χ3n) is 6.94. The Hall–Kier alpha value is -4.83. The minimum Gasteiger partial charge on any atom is -0.361 e. The Balaban J connectivity index is 1.04. The normalized spacial score (nSPS) is 16.4. The van der Waals surface area contributed by atoms with Crippen LogP contribution in [0.25, 0.3) is 0 Å². The van der Waals surface area contributed by atoms with Crippen molar-refractivity contribution in [3.8, 4) is 0 Å². The summed E-state index contributed by atoms with van der Waals surface area (Å²) in [5, 5.41) is 19.0. The van der Waals surface area contributed by atoms with Gasteiger partial charge in [-0.15, -0.1) is 0 Å². The fraction of sp³-hybridized carbons (Fsp3) is 0.0588.